The standard InChI is InChI=1S/C26H29N3O2S/c1-19-8-6-11-23(20(19)2)28-13-15-29(16-14-28)26(31)22(18-21-9-4-3-5-10-21)27-25(30)24-12-7-17-32-24/h3-12,17,22H,13-16,18H2,1-2H3,(H,27,30). The first kappa shape index (κ1) is 22.1. The van der Waals surface area contributed by atoms with Crippen LogP contribution in [0.15, 0.2) is 66.0 Å². The Balaban J connectivity index is 1.46. The summed E-state index contributed by atoms with van der Waals surface area (Å²) in [6.07, 6.45) is 0.480. The summed E-state index contributed by atoms with van der Waals surface area (Å²) in [7, 11) is 0. The van der Waals surface area contributed by atoms with Crippen LogP contribution in [0.25, 0.3) is 0 Å². The lowest BCUT2D eigenvalue weighted by atomic mass is 10.0. The first-order valence-corrected chi connectivity index (χ1v) is 11.9. The molecule has 3 aromatic rings. The molecule has 2 aromatic carbocycles. The number of hydrogen-bond acceptors (Lipinski definition) is 4. The SMILES string of the molecule is Cc1cccc(N2CCN(C(=O)C(Cc3ccccc3)NC(=O)c3cccs3)CC2)c1C. The molecule has 4 rings (SSSR count). The van der Waals surface area contributed by atoms with E-state index in [0.717, 1.165) is 18.7 Å². The monoisotopic (exact) mass is 447 g/mol. The van der Waals surface area contributed by atoms with Gasteiger partial charge in [-0.15, -0.1) is 11.3 Å². The lowest BCUT2D eigenvalue weighted by Gasteiger charge is -2.38. The van der Waals surface area contributed by atoms with Crippen molar-refractivity contribution < 1.29 is 9.59 Å². The molecule has 0 aliphatic carbocycles. The Bertz CT molecular complexity index is 1060. The van der Waals surface area contributed by atoms with Gasteiger partial charge in [0.2, 0.25) is 5.91 Å². The number of rotatable bonds is 6. The van der Waals surface area contributed by atoms with E-state index in [-0.39, 0.29) is 11.8 Å². The van der Waals surface area contributed by atoms with Gasteiger partial charge in [-0.2, -0.15) is 0 Å². The van der Waals surface area contributed by atoms with Crippen LogP contribution in [0, 0.1) is 13.8 Å². The third-order valence-electron chi connectivity index (χ3n) is 6.14. The summed E-state index contributed by atoms with van der Waals surface area (Å²) in [4.78, 5) is 31.1. The van der Waals surface area contributed by atoms with Crippen molar-refractivity contribution in [2.45, 2.75) is 26.3 Å². The number of hydrogen-bond donors (Lipinski definition) is 1. The lowest BCUT2D eigenvalue weighted by Crippen LogP contribution is -2.55. The van der Waals surface area contributed by atoms with Crippen molar-refractivity contribution >= 4 is 28.8 Å². The normalized spacial score (nSPS) is 14.8. The quantitative estimate of drug-likeness (QED) is 0.620. The minimum absolute atomic E-state index is 0.0145. The number of nitrogens with one attached hydrogen (secondary N) is 1. The second kappa shape index (κ2) is 10.0. The molecule has 1 aliphatic rings. The van der Waals surface area contributed by atoms with Crippen LogP contribution in [0.3, 0.4) is 0 Å². The fraction of sp³-hybridized carbons (Fsp3) is 0.308. The average Bonchev–Trinajstić information content (AvgIpc) is 3.36. The largest absolute Gasteiger partial charge is 0.368 e. The Kier molecular flexibility index (Phi) is 6.90. The highest BCUT2D eigenvalue weighted by atomic mass is 32.1. The second-order valence-electron chi connectivity index (χ2n) is 8.22. The summed E-state index contributed by atoms with van der Waals surface area (Å²) in [6, 6.07) is 19.3. The molecule has 0 spiro atoms. The van der Waals surface area contributed by atoms with E-state index in [0.29, 0.717) is 24.4 Å². The summed E-state index contributed by atoms with van der Waals surface area (Å²) in [5.74, 6) is -0.206. The van der Waals surface area contributed by atoms with Crippen LogP contribution >= 0.6 is 11.3 Å². The zero-order chi connectivity index (χ0) is 22.5. The second-order valence-corrected chi connectivity index (χ2v) is 9.17. The Labute approximate surface area is 193 Å². The number of piperazine rings is 1. The van der Waals surface area contributed by atoms with Crippen molar-refractivity contribution in [2.75, 3.05) is 31.1 Å². The van der Waals surface area contributed by atoms with Crippen LogP contribution in [-0.4, -0.2) is 48.9 Å². The van der Waals surface area contributed by atoms with Crippen LogP contribution in [0.2, 0.25) is 0 Å². The summed E-state index contributed by atoms with van der Waals surface area (Å²) < 4.78 is 0. The van der Waals surface area contributed by atoms with Gasteiger partial charge in [0.25, 0.3) is 5.91 Å². The predicted molar refractivity (Wildman–Crippen MR) is 130 cm³/mol. The first-order valence-electron chi connectivity index (χ1n) is 11.0. The van der Waals surface area contributed by atoms with E-state index in [1.54, 1.807) is 6.07 Å². The van der Waals surface area contributed by atoms with Crippen molar-refractivity contribution in [3.63, 3.8) is 0 Å². The molecule has 0 radical (unpaired) electrons. The lowest BCUT2D eigenvalue weighted by molar-refractivity contribution is -0.133. The highest BCUT2D eigenvalue weighted by molar-refractivity contribution is 7.12. The molecule has 0 bridgehead atoms. The van der Waals surface area contributed by atoms with Gasteiger partial charge in [-0.3, -0.25) is 9.59 Å². The summed E-state index contributed by atoms with van der Waals surface area (Å²) >= 11 is 1.38. The molecule has 1 N–H and O–H groups in total. The molecule has 6 heteroatoms. The molecule has 1 fully saturated rings. The van der Waals surface area contributed by atoms with Gasteiger partial charge in [0.15, 0.2) is 0 Å². The van der Waals surface area contributed by atoms with Crippen molar-refractivity contribution in [1.82, 2.24) is 10.2 Å². The Hall–Kier alpha value is -3.12. The molecule has 2 heterocycles. The highest BCUT2D eigenvalue weighted by Crippen LogP contribution is 2.24. The molecular formula is C26H29N3O2S. The maximum absolute atomic E-state index is 13.5. The smallest absolute Gasteiger partial charge is 0.262 e. The zero-order valence-electron chi connectivity index (χ0n) is 18.6. The minimum atomic E-state index is -0.584. The van der Waals surface area contributed by atoms with Crippen LogP contribution in [0.5, 0.6) is 0 Å². The topological polar surface area (TPSA) is 52.6 Å². The molecule has 1 atom stereocenters. The molecule has 2 amide bonds. The molecular weight excluding hydrogens is 418 g/mol. The molecule has 1 saturated heterocycles. The number of carbonyl (C=O) groups excluding carboxylic acids is 2. The minimum Gasteiger partial charge on any atom is -0.368 e. The fourth-order valence-corrected chi connectivity index (χ4v) is 4.78. The van der Waals surface area contributed by atoms with Gasteiger partial charge < -0.3 is 15.1 Å². The number of amides is 2. The van der Waals surface area contributed by atoms with Crippen molar-refractivity contribution in [2.24, 2.45) is 0 Å². The van der Waals surface area contributed by atoms with Gasteiger partial charge in [0, 0.05) is 38.3 Å². The number of thiophene rings is 1. The molecule has 0 saturated carbocycles. The number of carbonyl (C=O) groups is 2. The van der Waals surface area contributed by atoms with E-state index < -0.39 is 6.04 Å². The Morgan fingerprint density at radius 3 is 2.38 bits per heavy atom. The van der Waals surface area contributed by atoms with E-state index in [4.69, 9.17) is 0 Å². The van der Waals surface area contributed by atoms with Gasteiger partial charge >= 0.3 is 0 Å². The summed E-state index contributed by atoms with van der Waals surface area (Å²) in [5, 5.41) is 4.86. The van der Waals surface area contributed by atoms with E-state index in [9.17, 15) is 9.59 Å². The fourth-order valence-electron chi connectivity index (χ4n) is 4.15. The molecule has 1 unspecified atom stereocenters. The van der Waals surface area contributed by atoms with E-state index in [1.165, 1.54) is 28.2 Å². The molecule has 1 aromatic heterocycles. The van der Waals surface area contributed by atoms with Crippen molar-refractivity contribution in [3.8, 4) is 0 Å². The van der Waals surface area contributed by atoms with Gasteiger partial charge in [-0.25, -0.2) is 0 Å². The molecule has 5 nitrogen and oxygen atoms in total. The number of nitrogens with zero attached hydrogens (tertiary/aromatic N) is 2. The van der Waals surface area contributed by atoms with E-state index >= 15 is 0 Å². The van der Waals surface area contributed by atoms with E-state index in [1.807, 2.05) is 46.7 Å². The Morgan fingerprint density at radius 2 is 1.69 bits per heavy atom. The van der Waals surface area contributed by atoms with Gasteiger partial charge in [-0.05, 0) is 48.1 Å². The maximum Gasteiger partial charge on any atom is 0.262 e. The maximum atomic E-state index is 13.5. The van der Waals surface area contributed by atoms with Crippen molar-refractivity contribution in [1.29, 1.82) is 0 Å². The van der Waals surface area contributed by atoms with Crippen LogP contribution in [-0.2, 0) is 11.2 Å². The third-order valence-corrected chi connectivity index (χ3v) is 7.01. The summed E-state index contributed by atoms with van der Waals surface area (Å²) in [6.45, 7) is 7.14. The van der Waals surface area contributed by atoms with Crippen LogP contribution in [0.4, 0.5) is 5.69 Å². The average molecular weight is 448 g/mol. The summed E-state index contributed by atoms with van der Waals surface area (Å²) in [5.41, 5.74) is 4.84. The van der Waals surface area contributed by atoms with Crippen LogP contribution in [0.1, 0.15) is 26.4 Å². The number of anilines is 1. The molecule has 166 valence electrons. The first-order chi connectivity index (χ1) is 15.5. The zero-order valence-corrected chi connectivity index (χ0v) is 19.4. The number of aryl methyl sites for hydroxylation is 1. The van der Waals surface area contributed by atoms with Gasteiger partial charge in [-0.1, -0.05) is 48.5 Å². The third kappa shape index (κ3) is 5.02. The van der Waals surface area contributed by atoms with Gasteiger partial charge in [0.05, 0.1) is 4.88 Å². The van der Waals surface area contributed by atoms with Gasteiger partial charge in [0.1, 0.15) is 6.04 Å². The number of benzene rings is 2. The predicted octanol–water partition coefficient (Wildman–Crippen LogP) is 4.05. The molecule has 1 aliphatic heterocycles. The molecule has 32 heavy (non-hydrogen) atoms. The van der Waals surface area contributed by atoms with Crippen LogP contribution < -0.4 is 10.2 Å². The Morgan fingerprint density at radius 1 is 0.938 bits per heavy atom. The van der Waals surface area contributed by atoms with Crippen molar-refractivity contribution in [3.05, 3.63) is 87.6 Å². The van der Waals surface area contributed by atoms with E-state index in [2.05, 4.69) is 42.3 Å². The highest BCUT2D eigenvalue weighted by Gasteiger charge is 2.29.